The van der Waals surface area contributed by atoms with E-state index in [2.05, 4.69) is 5.32 Å². The van der Waals surface area contributed by atoms with Crippen LogP contribution >= 0.6 is 0 Å². The number of likely N-dealkylation sites (tertiary alicyclic amines) is 1. The van der Waals surface area contributed by atoms with E-state index in [-0.39, 0.29) is 28.9 Å². The number of halogens is 1. The van der Waals surface area contributed by atoms with Gasteiger partial charge in [0, 0.05) is 43.2 Å². The van der Waals surface area contributed by atoms with Crippen molar-refractivity contribution >= 4 is 21.6 Å². The number of hydrogen-bond donors (Lipinski definition) is 2. The molecule has 4 rings (SSSR count). The van der Waals surface area contributed by atoms with Gasteiger partial charge in [-0.25, -0.2) is 17.6 Å². The lowest BCUT2D eigenvalue weighted by Crippen LogP contribution is -2.44. The monoisotopic (exact) mass is 556 g/mol. The molecule has 3 aromatic rings. The fourth-order valence-corrected chi connectivity index (χ4v) is 5.11. The van der Waals surface area contributed by atoms with Crippen molar-refractivity contribution in [3.63, 3.8) is 0 Å². The van der Waals surface area contributed by atoms with Crippen LogP contribution in [0.5, 0.6) is 23.0 Å². The summed E-state index contributed by atoms with van der Waals surface area (Å²) >= 11 is 0. The smallest absolute Gasteiger partial charge is 0.321 e. The van der Waals surface area contributed by atoms with Crippen LogP contribution in [-0.4, -0.2) is 49.9 Å². The summed E-state index contributed by atoms with van der Waals surface area (Å²) in [5.41, 5.74) is 0.423. The summed E-state index contributed by atoms with van der Waals surface area (Å²) in [4.78, 5) is 14.9. The number of amides is 2. The molecule has 0 bridgehead atoms. The molecule has 0 aliphatic carbocycles. The highest BCUT2D eigenvalue weighted by atomic mass is 32.2. The molecule has 0 saturated carbocycles. The van der Waals surface area contributed by atoms with E-state index in [1.165, 1.54) is 48.5 Å². The van der Waals surface area contributed by atoms with Crippen molar-refractivity contribution in [3.8, 4) is 23.0 Å². The number of sulfone groups is 1. The molecular weight excluding hydrogens is 523 g/mol. The number of nitrogens with one attached hydrogen (secondary N) is 1. The molecule has 1 aliphatic heterocycles. The van der Waals surface area contributed by atoms with Crippen LogP contribution in [0, 0.1) is 17.7 Å². The lowest BCUT2D eigenvalue weighted by Gasteiger charge is -2.35. The highest BCUT2D eigenvalue weighted by molar-refractivity contribution is 7.90. The Morgan fingerprint density at radius 3 is 1.92 bits per heavy atom. The van der Waals surface area contributed by atoms with Crippen LogP contribution in [0.3, 0.4) is 0 Å². The number of aliphatic hydroxyl groups is 1. The Morgan fingerprint density at radius 1 is 0.923 bits per heavy atom. The number of benzene rings is 3. The van der Waals surface area contributed by atoms with Gasteiger partial charge in [0.25, 0.3) is 0 Å². The molecule has 2 N–H and O–H groups in total. The van der Waals surface area contributed by atoms with Crippen LogP contribution in [0.25, 0.3) is 0 Å². The zero-order chi connectivity index (χ0) is 28.2. The van der Waals surface area contributed by atoms with Crippen molar-refractivity contribution in [3.05, 3.63) is 72.5 Å². The summed E-state index contributed by atoms with van der Waals surface area (Å²) in [5, 5.41) is 13.3. The molecule has 1 aliphatic rings. The second-order valence-corrected chi connectivity index (χ2v) is 12.1. The molecule has 3 aromatic carbocycles. The van der Waals surface area contributed by atoms with E-state index in [0.717, 1.165) is 19.1 Å². The quantitative estimate of drug-likeness (QED) is 0.349. The Bertz CT molecular complexity index is 1390. The van der Waals surface area contributed by atoms with Crippen molar-refractivity contribution in [2.24, 2.45) is 11.8 Å². The second-order valence-electron chi connectivity index (χ2n) is 10.1. The fourth-order valence-electron chi connectivity index (χ4n) is 4.48. The molecule has 39 heavy (non-hydrogen) atoms. The maximum absolute atomic E-state index is 13.3. The number of rotatable bonds is 8. The minimum absolute atomic E-state index is 0.163. The largest absolute Gasteiger partial charge is 0.457 e. The first-order valence-electron chi connectivity index (χ1n) is 12.8. The third kappa shape index (κ3) is 7.70. The molecule has 1 unspecified atom stereocenters. The molecule has 0 aromatic heterocycles. The summed E-state index contributed by atoms with van der Waals surface area (Å²) in [6, 6.07) is 16.1. The van der Waals surface area contributed by atoms with Gasteiger partial charge in [0.05, 0.1) is 11.0 Å². The predicted octanol–water partition coefficient (Wildman–Crippen LogP) is 6.07. The van der Waals surface area contributed by atoms with Gasteiger partial charge in [-0.1, -0.05) is 13.8 Å². The number of aliphatic hydroxyl groups excluding tert-OH is 1. The number of urea groups is 1. The number of anilines is 1. The van der Waals surface area contributed by atoms with Crippen molar-refractivity contribution < 1.29 is 32.2 Å². The van der Waals surface area contributed by atoms with E-state index in [0.29, 0.717) is 41.8 Å². The number of piperidine rings is 1. The SMILES string of the molecule is CC(C)C(O)C1CCN(C(=O)Nc2cc(Oc3ccc(F)cc3)cc(Oc3ccc(S(C)(=O)=O)cc3)c2)CC1. The van der Waals surface area contributed by atoms with E-state index in [1.807, 2.05) is 13.8 Å². The third-order valence-corrected chi connectivity index (χ3v) is 7.79. The number of ether oxygens (including phenoxy) is 2. The lowest BCUT2D eigenvalue weighted by atomic mass is 9.86. The summed E-state index contributed by atoms with van der Waals surface area (Å²) in [5.74, 6) is 1.42. The van der Waals surface area contributed by atoms with Gasteiger partial charge in [0.1, 0.15) is 28.8 Å². The number of hydrogen-bond acceptors (Lipinski definition) is 6. The van der Waals surface area contributed by atoms with Crippen LogP contribution in [0.4, 0.5) is 14.9 Å². The molecule has 1 heterocycles. The second kappa shape index (κ2) is 12.0. The number of carbonyl (C=O) groups is 1. The summed E-state index contributed by atoms with van der Waals surface area (Å²) < 4.78 is 48.7. The molecule has 8 nitrogen and oxygen atoms in total. The predicted molar refractivity (Wildman–Crippen MR) is 147 cm³/mol. The van der Waals surface area contributed by atoms with E-state index >= 15 is 0 Å². The highest BCUT2D eigenvalue weighted by Gasteiger charge is 2.29. The van der Waals surface area contributed by atoms with Gasteiger partial charge in [-0.3, -0.25) is 0 Å². The lowest BCUT2D eigenvalue weighted by molar-refractivity contribution is 0.0355. The van der Waals surface area contributed by atoms with E-state index in [4.69, 9.17) is 9.47 Å². The Balaban J connectivity index is 1.52. The van der Waals surface area contributed by atoms with E-state index < -0.39 is 15.7 Å². The van der Waals surface area contributed by atoms with Gasteiger partial charge in [-0.05, 0) is 73.2 Å². The minimum Gasteiger partial charge on any atom is -0.457 e. The van der Waals surface area contributed by atoms with Crippen molar-refractivity contribution in [1.29, 1.82) is 0 Å². The Labute approximate surface area is 228 Å². The summed E-state index contributed by atoms with van der Waals surface area (Å²) in [7, 11) is -3.35. The summed E-state index contributed by atoms with van der Waals surface area (Å²) in [6.45, 7) is 5.04. The summed E-state index contributed by atoms with van der Waals surface area (Å²) in [6.07, 6.45) is 2.18. The highest BCUT2D eigenvalue weighted by Crippen LogP contribution is 2.33. The maximum atomic E-state index is 13.3. The first kappa shape index (κ1) is 28.4. The average molecular weight is 557 g/mol. The fraction of sp³-hybridized carbons (Fsp3) is 0.345. The average Bonchev–Trinajstić information content (AvgIpc) is 2.89. The zero-order valence-electron chi connectivity index (χ0n) is 22.1. The van der Waals surface area contributed by atoms with Crippen LogP contribution in [0.2, 0.25) is 0 Å². The van der Waals surface area contributed by atoms with E-state index in [1.54, 1.807) is 23.1 Å². The number of nitrogens with zero attached hydrogens (tertiary/aromatic N) is 1. The molecule has 0 spiro atoms. The van der Waals surface area contributed by atoms with Gasteiger partial charge in [-0.2, -0.15) is 0 Å². The molecule has 0 radical (unpaired) electrons. The first-order chi connectivity index (χ1) is 18.5. The number of carbonyl (C=O) groups excluding carboxylic acids is 1. The molecule has 1 fully saturated rings. The molecule has 208 valence electrons. The molecule has 1 saturated heterocycles. The Kier molecular flexibility index (Phi) is 8.76. The van der Waals surface area contributed by atoms with Gasteiger partial charge >= 0.3 is 6.03 Å². The van der Waals surface area contributed by atoms with Gasteiger partial charge in [0.15, 0.2) is 9.84 Å². The molecular formula is C29H33FN2O6S. The zero-order valence-corrected chi connectivity index (χ0v) is 22.9. The van der Waals surface area contributed by atoms with Crippen molar-refractivity contribution in [2.45, 2.75) is 37.7 Å². The molecule has 10 heteroatoms. The van der Waals surface area contributed by atoms with Crippen LogP contribution in [0.1, 0.15) is 26.7 Å². The van der Waals surface area contributed by atoms with Crippen LogP contribution in [0.15, 0.2) is 71.6 Å². The van der Waals surface area contributed by atoms with Crippen molar-refractivity contribution in [1.82, 2.24) is 4.90 Å². The Morgan fingerprint density at radius 2 is 1.44 bits per heavy atom. The van der Waals surface area contributed by atoms with Crippen molar-refractivity contribution in [2.75, 3.05) is 24.7 Å². The van der Waals surface area contributed by atoms with Gasteiger partial charge in [0.2, 0.25) is 0 Å². The normalized spacial score (nSPS) is 15.2. The van der Waals surface area contributed by atoms with E-state index in [9.17, 15) is 22.7 Å². The topological polar surface area (TPSA) is 105 Å². The van der Waals surface area contributed by atoms with Gasteiger partial charge in [-0.15, -0.1) is 0 Å². The third-order valence-electron chi connectivity index (χ3n) is 6.66. The van der Waals surface area contributed by atoms with Crippen LogP contribution in [-0.2, 0) is 9.84 Å². The maximum Gasteiger partial charge on any atom is 0.321 e. The molecule has 1 atom stereocenters. The minimum atomic E-state index is -3.35. The van der Waals surface area contributed by atoms with Crippen LogP contribution < -0.4 is 14.8 Å². The Hall–Kier alpha value is -3.63. The standard InChI is InChI=1S/C29H33FN2O6S/c1-19(2)28(33)20-12-14-32(15-13-20)29(34)31-22-16-25(37-23-6-4-21(30)5-7-23)18-26(17-22)38-24-8-10-27(11-9-24)39(3,35)36/h4-11,16-20,28,33H,12-15H2,1-3H3,(H,31,34). The molecule has 2 amide bonds. The first-order valence-corrected chi connectivity index (χ1v) is 14.7. The van der Waals surface area contributed by atoms with Gasteiger partial charge < -0.3 is 24.8 Å².